The molecule has 0 aromatic heterocycles. The summed E-state index contributed by atoms with van der Waals surface area (Å²) in [6.07, 6.45) is 4.81. The molecule has 17 heavy (non-hydrogen) atoms. The van der Waals surface area contributed by atoms with Gasteiger partial charge in [0.25, 0.3) is 0 Å². The highest BCUT2D eigenvalue weighted by atomic mass is 79.9. The van der Waals surface area contributed by atoms with Crippen molar-refractivity contribution in [2.24, 2.45) is 0 Å². The van der Waals surface area contributed by atoms with E-state index in [1.807, 2.05) is 6.07 Å². The molecule has 0 fully saturated rings. The summed E-state index contributed by atoms with van der Waals surface area (Å²) in [5, 5.41) is 4.39. The molecule has 0 saturated carbocycles. The minimum Gasteiger partial charge on any atom is -0.310 e. The van der Waals surface area contributed by atoms with Crippen LogP contribution in [-0.4, -0.2) is 6.54 Å². The second-order valence-corrected chi connectivity index (χ2v) is 5.58. The molecule has 0 saturated heterocycles. The van der Waals surface area contributed by atoms with Gasteiger partial charge in [0.2, 0.25) is 0 Å². The van der Waals surface area contributed by atoms with Crippen molar-refractivity contribution in [1.82, 2.24) is 5.32 Å². The van der Waals surface area contributed by atoms with E-state index in [2.05, 4.69) is 47.2 Å². The molecule has 1 aromatic carbocycles. The zero-order chi connectivity index (χ0) is 12.7. The lowest BCUT2D eigenvalue weighted by atomic mass is 10.0. The fourth-order valence-corrected chi connectivity index (χ4v) is 2.28. The van der Waals surface area contributed by atoms with Crippen LogP contribution in [0.15, 0.2) is 22.7 Å². The van der Waals surface area contributed by atoms with Gasteiger partial charge in [-0.1, -0.05) is 44.4 Å². The van der Waals surface area contributed by atoms with Gasteiger partial charge in [-0.15, -0.1) is 0 Å². The van der Waals surface area contributed by atoms with Crippen LogP contribution in [0.3, 0.4) is 0 Å². The van der Waals surface area contributed by atoms with Gasteiger partial charge >= 0.3 is 0 Å². The molecule has 1 atom stereocenters. The molecule has 0 bridgehead atoms. The monoisotopic (exact) mass is 317 g/mol. The Hall–Kier alpha value is -0.0500. The van der Waals surface area contributed by atoms with E-state index in [0.717, 1.165) is 22.5 Å². The Morgan fingerprint density at radius 1 is 1.29 bits per heavy atom. The molecule has 1 aromatic rings. The van der Waals surface area contributed by atoms with Crippen molar-refractivity contribution in [3.05, 3.63) is 33.3 Å². The van der Waals surface area contributed by atoms with Crippen molar-refractivity contribution < 1.29 is 0 Å². The maximum Gasteiger partial charge on any atom is 0.0551 e. The first-order valence-electron chi connectivity index (χ1n) is 6.37. The van der Waals surface area contributed by atoms with Crippen LogP contribution in [0.5, 0.6) is 0 Å². The van der Waals surface area contributed by atoms with Gasteiger partial charge in [-0.05, 0) is 53.0 Å². The predicted octanol–water partition coefficient (Wildman–Crippen LogP) is 5.33. The van der Waals surface area contributed by atoms with Gasteiger partial charge in [0.05, 0.1) is 5.02 Å². The molecule has 1 nitrogen and oxygen atoms in total. The van der Waals surface area contributed by atoms with Gasteiger partial charge in [0.15, 0.2) is 0 Å². The van der Waals surface area contributed by atoms with Crippen LogP contribution in [0.4, 0.5) is 0 Å². The van der Waals surface area contributed by atoms with Crippen molar-refractivity contribution in [3.63, 3.8) is 0 Å². The maximum absolute atomic E-state index is 6.15. The number of halogens is 2. The molecule has 0 aliphatic heterocycles. The quantitative estimate of drug-likeness (QED) is 0.716. The maximum atomic E-state index is 6.15. The highest BCUT2D eigenvalue weighted by molar-refractivity contribution is 9.10. The summed E-state index contributed by atoms with van der Waals surface area (Å²) in [6, 6.07) is 6.68. The number of unbranched alkanes of at least 4 members (excludes halogenated alkanes) is 1. The summed E-state index contributed by atoms with van der Waals surface area (Å²) in [5.74, 6) is 0. The number of nitrogens with one attached hydrogen (secondary N) is 1. The third-order valence-corrected chi connectivity index (χ3v) is 4.07. The van der Waals surface area contributed by atoms with Gasteiger partial charge < -0.3 is 5.32 Å². The molecule has 3 heteroatoms. The summed E-state index contributed by atoms with van der Waals surface area (Å²) in [4.78, 5) is 0. The minimum atomic E-state index is 0.431. The first kappa shape index (κ1) is 15.0. The fraction of sp³-hybridized carbons (Fsp3) is 0.571. The first-order valence-corrected chi connectivity index (χ1v) is 7.54. The average Bonchev–Trinajstić information content (AvgIpc) is 2.33. The van der Waals surface area contributed by atoms with Crippen LogP contribution < -0.4 is 5.32 Å². The zero-order valence-corrected chi connectivity index (χ0v) is 12.9. The smallest absolute Gasteiger partial charge is 0.0551 e. The highest BCUT2D eigenvalue weighted by Gasteiger charge is 2.11. The lowest BCUT2D eigenvalue weighted by Gasteiger charge is -2.19. The summed E-state index contributed by atoms with van der Waals surface area (Å²) in [5.41, 5.74) is 1.29. The lowest BCUT2D eigenvalue weighted by molar-refractivity contribution is 0.481. The Morgan fingerprint density at radius 2 is 2.06 bits per heavy atom. The van der Waals surface area contributed by atoms with Crippen molar-refractivity contribution >= 4 is 27.5 Å². The van der Waals surface area contributed by atoms with E-state index >= 15 is 0 Å². The molecule has 0 heterocycles. The number of hydrogen-bond acceptors (Lipinski definition) is 1. The van der Waals surface area contributed by atoms with Crippen molar-refractivity contribution in [3.8, 4) is 0 Å². The molecule has 0 aliphatic carbocycles. The Labute approximate surface area is 118 Å². The van der Waals surface area contributed by atoms with E-state index in [9.17, 15) is 0 Å². The van der Waals surface area contributed by atoms with Crippen LogP contribution >= 0.6 is 27.5 Å². The van der Waals surface area contributed by atoms with Gasteiger partial charge in [-0.25, -0.2) is 0 Å². The van der Waals surface area contributed by atoms with Gasteiger partial charge in [0, 0.05) is 10.5 Å². The van der Waals surface area contributed by atoms with Crippen LogP contribution in [0, 0.1) is 0 Å². The van der Waals surface area contributed by atoms with E-state index in [0.29, 0.717) is 6.04 Å². The molecule has 0 aliphatic rings. The number of rotatable bonds is 7. The number of benzene rings is 1. The van der Waals surface area contributed by atoms with E-state index in [1.54, 1.807) is 0 Å². The van der Waals surface area contributed by atoms with Crippen LogP contribution in [-0.2, 0) is 0 Å². The van der Waals surface area contributed by atoms with Crippen LogP contribution in [0.2, 0.25) is 5.02 Å². The molecule has 1 N–H and O–H groups in total. The molecule has 0 amide bonds. The van der Waals surface area contributed by atoms with Crippen LogP contribution in [0.1, 0.15) is 51.1 Å². The van der Waals surface area contributed by atoms with E-state index < -0.39 is 0 Å². The summed E-state index contributed by atoms with van der Waals surface area (Å²) >= 11 is 9.58. The second kappa shape index (κ2) is 8.12. The van der Waals surface area contributed by atoms with E-state index in [-0.39, 0.29) is 0 Å². The molecule has 1 unspecified atom stereocenters. The molecule has 96 valence electrons. The lowest BCUT2D eigenvalue weighted by Crippen LogP contribution is -2.22. The SMILES string of the molecule is CCCCC(NCCC)c1ccc(Br)c(Cl)c1. The zero-order valence-electron chi connectivity index (χ0n) is 10.6. The summed E-state index contributed by atoms with van der Waals surface area (Å²) in [7, 11) is 0. The topological polar surface area (TPSA) is 12.0 Å². The average molecular weight is 319 g/mol. The largest absolute Gasteiger partial charge is 0.310 e. The van der Waals surface area contributed by atoms with E-state index in [1.165, 1.54) is 24.8 Å². The fourth-order valence-electron chi connectivity index (χ4n) is 1.84. The van der Waals surface area contributed by atoms with Gasteiger partial charge in [-0.3, -0.25) is 0 Å². The minimum absolute atomic E-state index is 0.431. The Kier molecular flexibility index (Phi) is 7.17. The molecule has 1 rings (SSSR count). The third kappa shape index (κ3) is 4.99. The molecule has 0 radical (unpaired) electrons. The Morgan fingerprint density at radius 3 is 2.65 bits per heavy atom. The standard InChI is InChI=1S/C14H21BrClN/c1-3-5-6-14(17-9-4-2)11-7-8-12(15)13(16)10-11/h7-8,10,14,17H,3-6,9H2,1-2H3. The predicted molar refractivity (Wildman–Crippen MR) is 79.7 cm³/mol. The third-order valence-electron chi connectivity index (χ3n) is 2.83. The van der Waals surface area contributed by atoms with Gasteiger partial charge in [-0.2, -0.15) is 0 Å². The Bertz CT molecular complexity index is 333. The Balaban J connectivity index is 2.75. The molecular weight excluding hydrogens is 298 g/mol. The van der Waals surface area contributed by atoms with E-state index in [4.69, 9.17) is 11.6 Å². The number of hydrogen-bond donors (Lipinski definition) is 1. The van der Waals surface area contributed by atoms with Crippen molar-refractivity contribution in [2.75, 3.05) is 6.54 Å². The highest BCUT2D eigenvalue weighted by Crippen LogP contribution is 2.28. The summed E-state index contributed by atoms with van der Waals surface area (Å²) < 4.78 is 0.965. The van der Waals surface area contributed by atoms with Crippen LogP contribution in [0.25, 0.3) is 0 Å². The van der Waals surface area contributed by atoms with Crippen molar-refractivity contribution in [2.45, 2.75) is 45.6 Å². The first-order chi connectivity index (χ1) is 8.19. The normalized spacial score (nSPS) is 12.7. The molecular formula is C14H21BrClN. The van der Waals surface area contributed by atoms with Gasteiger partial charge in [0.1, 0.15) is 0 Å². The molecule has 0 spiro atoms. The second-order valence-electron chi connectivity index (χ2n) is 4.32. The van der Waals surface area contributed by atoms with Crippen molar-refractivity contribution in [1.29, 1.82) is 0 Å². The summed E-state index contributed by atoms with van der Waals surface area (Å²) in [6.45, 7) is 5.48.